The third-order valence-corrected chi connectivity index (χ3v) is 2.48. The van der Waals surface area contributed by atoms with Crippen molar-refractivity contribution in [2.24, 2.45) is 5.92 Å². The summed E-state index contributed by atoms with van der Waals surface area (Å²) in [5.41, 5.74) is 0. The van der Waals surface area contributed by atoms with Gasteiger partial charge in [0.1, 0.15) is 12.0 Å². The van der Waals surface area contributed by atoms with E-state index in [9.17, 15) is 22.8 Å². The minimum atomic E-state index is -4.60. The predicted molar refractivity (Wildman–Crippen MR) is 39.1 cm³/mol. The third-order valence-electron chi connectivity index (χ3n) is 2.48. The van der Waals surface area contributed by atoms with Crippen molar-refractivity contribution in [3.05, 3.63) is 0 Å². The van der Waals surface area contributed by atoms with Crippen LogP contribution in [-0.4, -0.2) is 42.2 Å². The summed E-state index contributed by atoms with van der Waals surface area (Å²) in [5, 5.41) is 2.33. The summed E-state index contributed by atoms with van der Waals surface area (Å²) in [5.74, 6) is -3.25. The zero-order valence-corrected chi connectivity index (χ0v) is 7.54. The number of amides is 2. The largest absolute Gasteiger partial charge is 0.407 e. The maximum absolute atomic E-state index is 12.5. The fraction of sp³-hybridized carbons (Fsp3) is 0.714. The summed E-state index contributed by atoms with van der Waals surface area (Å²) >= 11 is 0. The minimum Gasteiger partial charge on any atom is -0.294 e. The monoisotopic (exact) mass is 224 g/mol. The molecule has 3 atom stereocenters. The smallest absolute Gasteiger partial charge is 0.294 e. The van der Waals surface area contributed by atoms with Gasteiger partial charge in [-0.2, -0.15) is 18.2 Å². The minimum absolute atomic E-state index is 0.520. The molecule has 2 saturated heterocycles. The van der Waals surface area contributed by atoms with Gasteiger partial charge in [-0.05, 0) is 0 Å². The lowest BCUT2D eigenvalue weighted by molar-refractivity contribution is -0.234. The fourth-order valence-corrected chi connectivity index (χ4v) is 1.88. The maximum atomic E-state index is 12.5. The average Bonchev–Trinajstić information content (AvgIpc) is 2.51. The van der Waals surface area contributed by atoms with Crippen LogP contribution in [0.4, 0.5) is 13.2 Å². The number of nitrogens with one attached hydrogen (secondary N) is 1. The highest BCUT2D eigenvalue weighted by atomic mass is 19.4. The van der Waals surface area contributed by atoms with E-state index in [4.69, 9.17) is 0 Å². The molecule has 0 saturated carbocycles. The molecule has 2 amide bonds. The molecular formula is C7H7F3N2O3. The zero-order chi connectivity index (χ0) is 11.4. The third kappa shape index (κ3) is 1.40. The Hall–Kier alpha value is -1.15. The van der Waals surface area contributed by atoms with Crippen LogP contribution in [0.15, 0.2) is 0 Å². The van der Waals surface area contributed by atoms with Gasteiger partial charge in [-0.15, -0.1) is 0 Å². The number of alkyl halides is 3. The quantitative estimate of drug-likeness (QED) is 0.560. The lowest BCUT2D eigenvalue weighted by Crippen LogP contribution is -2.46. The molecule has 2 rings (SSSR count). The van der Waals surface area contributed by atoms with Crippen molar-refractivity contribution >= 4 is 11.8 Å². The summed E-state index contributed by atoms with van der Waals surface area (Å²) in [6, 6.07) is -2.06. The highest BCUT2D eigenvalue weighted by Gasteiger charge is 2.63. The van der Waals surface area contributed by atoms with Gasteiger partial charge in [-0.3, -0.25) is 19.7 Å². The highest BCUT2D eigenvalue weighted by molar-refractivity contribution is 6.07. The van der Waals surface area contributed by atoms with E-state index < -0.39 is 36.1 Å². The van der Waals surface area contributed by atoms with E-state index in [0.717, 1.165) is 7.05 Å². The number of hydroxylamine groups is 2. The number of halogens is 3. The number of hydrogen-bond donors (Lipinski definition) is 1. The second-order valence-electron chi connectivity index (χ2n) is 3.44. The molecule has 0 aromatic carbocycles. The van der Waals surface area contributed by atoms with Crippen LogP contribution in [0.25, 0.3) is 0 Å². The highest BCUT2D eigenvalue weighted by Crippen LogP contribution is 2.39. The van der Waals surface area contributed by atoms with Gasteiger partial charge in [0.25, 0.3) is 5.91 Å². The van der Waals surface area contributed by atoms with Crippen LogP contribution in [0.3, 0.4) is 0 Å². The van der Waals surface area contributed by atoms with Crippen LogP contribution in [0.2, 0.25) is 0 Å². The summed E-state index contributed by atoms with van der Waals surface area (Å²) in [4.78, 5) is 26.9. The van der Waals surface area contributed by atoms with Gasteiger partial charge in [0, 0.05) is 7.05 Å². The van der Waals surface area contributed by atoms with Crippen LogP contribution in [0.5, 0.6) is 0 Å². The first-order chi connectivity index (χ1) is 6.82. The Morgan fingerprint density at radius 1 is 1.33 bits per heavy atom. The Kier molecular flexibility index (Phi) is 2.02. The molecule has 0 radical (unpaired) electrons. The van der Waals surface area contributed by atoms with Crippen molar-refractivity contribution < 1.29 is 27.6 Å². The Morgan fingerprint density at radius 2 is 1.93 bits per heavy atom. The molecule has 84 valence electrons. The van der Waals surface area contributed by atoms with E-state index in [0.29, 0.717) is 5.06 Å². The fourth-order valence-electron chi connectivity index (χ4n) is 1.88. The molecule has 15 heavy (non-hydrogen) atoms. The van der Waals surface area contributed by atoms with E-state index in [1.165, 1.54) is 0 Å². The lowest BCUT2D eigenvalue weighted by Gasteiger charge is -2.22. The van der Waals surface area contributed by atoms with E-state index in [2.05, 4.69) is 4.84 Å². The van der Waals surface area contributed by atoms with Crippen molar-refractivity contribution in [2.75, 3.05) is 7.05 Å². The second kappa shape index (κ2) is 2.92. The van der Waals surface area contributed by atoms with Crippen molar-refractivity contribution in [2.45, 2.75) is 18.3 Å². The molecule has 3 unspecified atom stereocenters. The van der Waals surface area contributed by atoms with E-state index in [1.807, 2.05) is 5.32 Å². The topological polar surface area (TPSA) is 58.6 Å². The molecule has 2 aliphatic rings. The van der Waals surface area contributed by atoms with Crippen molar-refractivity contribution in [3.8, 4) is 0 Å². The number of rotatable bonds is 0. The molecule has 0 aromatic heterocycles. The average molecular weight is 224 g/mol. The molecule has 0 spiro atoms. The Labute approximate surface area is 82.1 Å². The first-order valence-electron chi connectivity index (χ1n) is 4.13. The van der Waals surface area contributed by atoms with E-state index >= 15 is 0 Å². The predicted octanol–water partition coefficient (Wildman–Crippen LogP) is -0.565. The number of carbonyl (C=O) groups is 2. The number of carbonyl (C=O) groups excluding carboxylic acids is 2. The maximum Gasteiger partial charge on any atom is 0.407 e. The van der Waals surface area contributed by atoms with Crippen LogP contribution in [0, 0.1) is 5.92 Å². The van der Waals surface area contributed by atoms with Gasteiger partial charge in [0.2, 0.25) is 5.91 Å². The number of imide groups is 1. The Morgan fingerprint density at radius 3 is 2.47 bits per heavy atom. The number of fused-ring (bicyclic) bond motifs is 1. The van der Waals surface area contributed by atoms with Crippen LogP contribution < -0.4 is 5.32 Å². The van der Waals surface area contributed by atoms with Gasteiger partial charge >= 0.3 is 6.18 Å². The molecular weight excluding hydrogens is 217 g/mol. The molecule has 2 aliphatic heterocycles. The molecule has 2 heterocycles. The zero-order valence-electron chi connectivity index (χ0n) is 7.54. The first-order valence-corrected chi connectivity index (χ1v) is 4.13. The van der Waals surface area contributed by atoms with Gasteiger partial charge in [0.15, 0.2) is 6.10 Å². The standard InChI is InChI=1S/C7H7F3N2O3/c1-12-4(7(8,9)10)2-3(15-12)6(14)11-5(2)13/h2-4H,1H3,(H,11,13,14). The Bertz CT molecular complexity index is 330. The Balaban J connectivity index is 2.34. The normalized spacial score (nSPS) is 36.9. The molecule has 0 aliphatic carbocycles. The van der Waals surface area contributed by atoms with E-state index in [1.54, 1.807) is 0 Å². The second-order valence-corrected chi connectivity index (χ2v) is 3.44. The van der Waals surface area contributed by atoms with Gasteiger partial charge in [-0.25, -0.2) is 0 Å². The molecule has 1 N–H and O–H groups in total. The van der Waals surface area contributed by atoms with E-state index in [-0.39, 0.29) is 0 Å². The summed E-state index contributed by atoms with van der Waals surface area (Å²) in [7, 11) is 1.05. The summed E-state index contributed by atoms with van der Waals surface area (Å²) in [6.45, 7) is 0. The van der Waals surface area contributed by atoms with Gasteiger partial charge < -0.3 is 0 Å². The SMILES string of the molecule is CN1OC2C(=O)NC(=O)C2C1C(F)(F)F. The van der Waals surface area contributed by atoms with Gasteiger partial charge in [0.05, 0.1) is 0 Å². The first kappa shape index (κ1) is 10.4. The van der Waals surface area contributed by atoms with Crippen LogP contribution >= 0.6 is 0 Å². The molecule has 8 heteroatoms. The van der Waals surface area contributed by atoms with Crippen molar-refractivity contribution in [1.29, 1.82) is 0 Å². The van der Waals surface area contributed by atoms with Crippen LogP contribution in [-0.2, 0) is 14.4 Å². The molecule has 5 nitrogen and oxygen atoms in total. The molecule has 2 fully saturated rings. The van der Waals surface area contributed by atoms with Crippen LogP contribution in [0.1, 0.15) is 0 Å². The number of hydrogen-bond acceptors (Lipinski definition) is 4. The summed E-state index contributed by atoms with van der Waals surface area (Å²) in [6.07, 6.45) is -5.95. The molecule has 0 aromatic rings. The van der Waals surface area contributed by atoms with Crippen molar-refractivity contribution in [1.82, 2.24) is 10.4 Å². The lowest BCUT2D eigenvalue weighted by atomic mass is 9.97. The summed E-state index contributed by atoms with van der Waals surface area (Å²) < 4.78 is 37.6. The number of nitrogens with zero attached hydrogens (tertiary/aromatic N) is 1. The van der Waals surface area contributed by atoms with Gasteiger partial charge in [-0.1, -0.05) is 0 Å². The van der Waals surface area contributed by atoms with Crippen molar-refractivity contribution in [3.63, 3.8) is 0 Å². The molecule has 0 bridgehead atoms.